The number of carbonyl (C=O) groups is 1. The van der Waals surface area contributed by atoms with Gasteiger partial charge >= 0.3 is 0 Å². The van der Waals surface area contributed by atoms with Gasteiger partial charge in [-0.05, 0) is 43.7 Å². The lowest BCUT2D eigenvalue weighted by molar-refractivity contribution is -0.385. The Labute approximate surface area is 121 Å². The van der Waals surface area contributed by atoms with E-state index in [2.05, 4.69) is 5.32 Å². The molecular formula is C15H15N3O3. The Morgan fingerprint density at radius 3 is 2.48 bits per heavy atom. The number of hydrogen-bond donors (Lipinski definition) is 2. The van der Waals surface area contributed by atoms with Crippen LogP contribution in [0.5, 0.6) is 0 Å². The van der Waals surface area contributed by atoms with Crippen LogP contribution in [0, 0.1) is 24.0 Å². The van der Waals surface area contributed by atoms with Crippen LogP contribution in [0.4, 0.5) is 17.1 Å². The average molecular weight is 285 g/mol. The number of hydrogen-bond acceptors (Lipinski definition) is 4. The van der Waals surface area contributed by atoms with E-state index in [4.69, 9.17) is 5.73 Å². The fraction of sp³-hybridized carbons (Fsp3) is 0.133. The van der Waals surface area contributed by atoms with Gasteiger partial charge in [0.05, 0.1) is 4.92 Å². The first-order chi connectivity index (χ1) is 9.88. The minimum absolute atomic E-state index is 0.0266. The first-order valence-electron chi connectivity index (χ1n) is 6.31. The Balaban J connectivity index is 2.25. The molecule has 0 radical (unpaired) electrons. The van der Waals surface area contributed by atoms with Gasteiger partial charge in [-0.2, -0.15) is 0 Å². The van der Waals surface area contributed by atoms with Crippen LogP contribution in [-0.2, 0) is 0 Å². The van der Waals surface area contributed by atoms with E-state index in [0.29, 0.717) is 22.5 Å². The third kappa shape index (κ3) is 3.17. The number of nitro benzene ring substituents is 1. The summed E-state index contributed by atoms with van der Waals surface area (Å²) >= 11 is 0. The van der Waals surface area contributed by atoms with E-state index < -0.39 is 4.92 Å². The van der Waals surface area contributed by atoms with E-state index in [9.17, 15) is 14.9 Å². The number of benzene rings is 2. The van der Waals surface area contributed by atoms with E-state index in [1.807, 2.05) is 6.92 Å². The van der Waals surface area contributed by atoms with Gasteiger partial charge in [-0.15, -0.1) is 0 Å². The predicted octanol–water partition coefficient (Wildman–Crippen LogP) is 3.05. The number of nitro groups is 1. The summed E-state index contributed by atoms with van der Waals surface area (Å²) < 4.78 is 0. The number of rotatable bonds is 3. The fourth-order valence-electron chi connectivity index (χ4n) is 1.90. The average Bonchev–Trinajstić information content (AvgIpc) is 2.43. The molecule has 2 aromatic rings. The monoisotopic (exact) mass is 285 g/mol. The molecule has 108 valence electrons. The molecule has 0 atom stereocenters. The molecule has 0 unspecified atom stereocenters. The maximum Gasteiger partial charge on any atom is 0.274 e. The van der Waals surface area contributed by atoms with Crippen molar-refractivity contribution in [1.29, 1.82) is 0 Å². The molecule has 0 aliphatic carbocycles. The van der Waals surface area contributed by atoms with Crippen molar-refractivity contribution in [2.24, 2.45) is 0 Å². The minimum Gasteiger partial charge on any atom is -0.399 e. The lowest BCUT2D eigenvalue weighted by Crippen LogP contribution is -2.12. The molecule has 0 aromatic heterocycles. The summed E-state index contributed by atoms with van der Waals surface area (Å²) in [5, 5.41) is 13.5. The van der Waals surface area contributed by atoms with E-state index in [-0.39, 0.29) is 11.6 Å². The van der Waals surface area contributed by atoms with E-state index in [0.717, 1.165) is 5.56 Å². The van der Waals surface area contributed by atoms with Crippen molar-refractivity contribution in [1.82, 2.24) is 0 Å². The van der Waals surface area contributed by atoms with Crippen LogP contribution in [-0.4, -0.2) is 10.8 Å². The molecule has 0 bridgehead atoms. The van der Waals surface area contributed by atoms with Crippen LogP contribution in [0.15, 0.2) is 36.4 Å². The number of nitrogens with two attached hydrogens (primary N) is 1. The lowest BCUT2D eigenvalue weighted by atomic mass is 10.1. The first-order valence-corrected chi connectivity index (χ1v) is 6.31. The third-order valence-electron chi connectivity index (χ3n) is 3.20. The SMILES string of the molecule is Cc1cc(C(=O)Nc2ccc(C)c([N+](=O)[O-])c2)ccc1N. The van der Waals surface area contributed by atoms with E-state index in [1.165, 1.54) is 6.07 Å². The lowest BCUT2D eigenvalue weighted by Gasteiger charge is -2.08. The summed E-state index contributed by atoms with van der Waals surface area (Å²) in [6.07, 6.45) is 0. The van der Waals surface area contributed by atoms with Crippen LogP contribution >= 0.6 is 0 Å². The first kappa shape index (κ1) is 14.5. The number of nitrogens with zero attached hydrogens (tertiary/aromatic N) is 1. The largest absolute Gasteiger partial charge is 0.399 e. The van der Waals surface area contributed by atoms with Crippen molar-refractivity contribution in [3.8, 4) is 0 Å². The van der Waals surface area contributed by atoms with Gasteiger partial charge in [0.2, 0.25) is 0 Å². The Bertz CT molecular complexity index is 726. The van der Waals surface area contributed by atoms with Crippen molar-refractivity contribution in [3.63, 3.8) is 0 Å². The zero-order valence-electron chi connectivity index (χ0n) is 11.7. The predicted molar refractivity (Wildman–Crippen MR) is 81.4 cm³/mol. The third-order valence-corrected chi connectivity index (χ3v) is 3.20. The maximum atomic E-state index is 12.1. The van der Waals surface area contributed by atoms with Gasteiger partial charge < -0.3 is 11.1 Å². The molecule has 2 aromatic carbocycles. The van der Waals surface area contributed by atoms with Gasteiger partial charge in [-0.1, -0.05) is 6.07 Å². The molecule has 0 aliphatic rings. The Morgan fingerprint density at radius 2 is 1.86 bits per heavy atom. The number of nitrogen functional groups attached to an aromatic ring is 1. The molecule has 0 aliphatic heterocycles. The van der Waals surface area contributed by atoms with Gasteiger partial charge in [0.1, 0.15) is 0 Å². The van der Waals surface area contributed by atoms with E-state index >= 15 is 0 Å². The summed E-state index contributed by atoms with van der Waals surface area (Å²) in [5.74, 6) is -0.337. The molecule has 0 spiro atoms. The Kier molecular flexibility index (Phi) is 3.89. The molecule has 0 heterocycles. The highest BCUT2D eigenvalue weighted by atomic mass is 16.6. The van der Waals surface area contributed by atoms with Crippen LogP contribution < -0.4 is 11.1 Å². The molecule has 0 saturated carbocycles. The molecule has 6 nitrogen and oxygen atoms in total. The highest BCUT2D eigenvalue weighted by molar-refractivity contribution is 6.04. The van der Waals surface area contributed by atoms with Crippen LogP contribution in [0.25, 0.3) is 0 Å². The molecule has 3 N–H and O–H groups in total. The summed E-state index contributed by atoms with van der Waals surface area (Å²) in [6.45, 7) is 3.45. The zero-order chi connectivity index (χ0) is 15.6. The number of nitrogens with one attached hydrogen (secondary N) is 1. The fourth-order valence-corrected chi connectivity index (χ4v) is 1.90. The van der Waals surface area contributed by atoms with Crippen molar-refractivity contribution in [2.45, 2.75) is 13.8 Å². The molecule has 1 amide bonds. The molecule has 0 fully saturated rings. The van der Waals surface area contributed by atoms with Crippen molar-refractivity contribution >= 4 is 23.0 Å². The smallest absolute Gasteiger partial charge is 0.274 e. The van der Waals surface area contributed by atoms with Crippen molar-refractivity contribution in [2.75, 3.05) is 11.1 Å². The minimum atomic E-state index is -0.474. The summed E-state index contributed by atoms with van der Waals surface area (Å²) in [6, 6.07) is 9.51. The number of anilines is 2. The highest BCUT2D eigenvalue weighted by Crippen LogP contribution is 2.23. The standard InChI is InChI=1S/C15H15N3O3/c1-9-3-5-12(8-14(9)18(20)21)17-15(19)11-4-6-13(16)10(2)7-11/h3-8H,16H2,1-2H3,(H,17,19). The number of carbonyl (C=O) groups excluding carboxylic acids is 1. The van der Waals surface area contributed by atoms with Crippen molar-refractivity contribution in [3.05, 3.63) is 63.2 Å². The molecule has 2 rings (SSSR count). The van der Waals surface area contributed by atoms with Gasteiger partial charge in [0, 0.05) is 28.6 Å². The summed E-state index contributed by atoms with van der Waals surface area (Å²) in [5.41, 5.74) is 8.46. The Morgan fingerprint density at radius 1 is 1.14 bits per heavy atom. The second-order valence-electron chi connectivity index (χ2n) is 4.78. The quantitative estimate of drug-likeness (QED) is 0.514. The van der Waals surface area contributed by atoms with Gasteiger partial charge in [0.15, 0.2) is 0 Å². The van der Waals surface area contributed by atoms with Gasteiger partial charge in [-0.3, -0.25) is 14.9 Å². The molecule has 6 heteroatoms. The van der Waals surface area contributed by atoms with Crippen molar-refractivity contribution < 1.29 is 9.72 Å². The summed E-state index contributed by atoms with van der Waals surface area (Å²) in [7, 11) is 0. The summed E-state index contributed by atoms with van der Waals surface area (Å²) in [4.78, 5) is 22.5. The van der Waals surface area contributed by atoms with Crippen LogP contribution in [0.3, 0.4) is 0 Å². The molecular weight excluding hydrogens is 270 g/mol. The topological polar surface area (TPSA) is 98.3 Å². The van der Waals surface area contributed by atoms with Gasteiger partial charge in [0.25, 0.3) is 11.6 Å². The van der Waals surface area contributed by atoms with Crippen LogP contribution in [0.2, 0.25) is 0 Å². The van der Waals surface area contributed by atoms with Crippen LogP contribution in [0.1, 0.15) is 21.5 Å². The zero-order valence-corrected chi connectivity index (χ0v) is 11.7. The molecule has 21 heavy (non-hydrogen) atoms. The van der Waals surface area contributed by atoms with Gasteiger partial charge in [-0.25, -0.2) is 0 Å². The number of aryl methyl sites for hydroxylation is 2. The second kappa shape index (κ2) is 5.62. The number of amides is 1. The van der Waals surface area contributed by atoms with E-state index in [1.54, 1.807) is 37.3 Å². The normalized spacial score (nSPS) is 10.2. The highest BCUT2D eigenvalue weighted by Gasteiger charge is 2.13. The maximum absolute atomic E-state index is 12.1. The molecule has 0 saturated heterocycles. The second-order valence-corrected chi connectivity index (χ2v) is 4.78. The Hall–Kier alpha value is -2.89.